The maximum Gasteiger partial charge on any atom is 0.0992 e. The van der Waals surface area contributed by atoms with Crippen LogP contribution in [0.15, 0.2) is 22.7 Å². The first-order valence-corrected chi connectivity index (χ1v) is 7.88. The predicted molar refractivity (Wildman–Crippen MR) is 83.3 cm³/mol. The van der Waals surface area contributed by atoms with Gasteiger partial charge in [-0.05, 0) is 52.4 Å². The van der Waals surface area contributed by atoms with Crippen molar-refractivity contribution in [2.24, 2.45) is 5.41 Å². The van der Waals surface area contributed by atoms with Crippen molar-refractivity contribution in [2.45, 2.75) is 39.5 Å². The van der Waals surface area contributed by atoms with Gasteiger partial charge in [-0.25, -0.2) is 0 Å². The number of nitriles is 1. The summed E-state index contributed by atoms with van der Waals surface area (Å²) in [6, 6.07) is 8.06. The number of hydrogen-bond donors (Lipinski definition) is 0. The van der Waals surface area contributed by atoms with Crippen molar-refractivity contribution in [3.05, 3.63) is 28.2 Å². The van der Waals surface area contributed by atoms with Gasteiger partial charge < -0.3 is 4.90 Å². The summed E-state index contributed by atoms with van der Waals surface area (Å²) in [5, 5.41) is 8.91. The lowest BCUT2D eigenvalue weighted by Gasteiger charge is -2.42. The minimum Gasteiger partial charge on any atom is -0.371 e. The topological polar surface area (TPSA) is 27.0 Å². The summed E-state index contributed by atoms with van der Waals surface area (Å²) in [6.45, 7) is 6.87. The van der Waals surface area contributed by atoms with E-state index in [1.54, 1.807) is 0 Å². The largest absolute Gasteiger partial charge is 0.371 e. The molecule has 1 fully saturated rings. The lowest BCUT2D eigenvalue weighted by molar-refractivity contribution is 0.199. The van der Waals surface area contributed by atoms with E-state index in [2.05, 4.69) is 46.8 Å². The molecule has 1 aliphatic rings. The van der Waals surface area contributed by atoms with E-state index in [9.17, 15) is 0 Å². The Morgan fingerprint density at radius 1 is 1.26 bits per heavy atom. The molecule has 0 N–H and O–H groups in total. The van der Waals surface area contributed by atoms with Gasteiger partial charge in [0, 0.05) is 17.6 Å². The van der Waals surface area contributed by atoms with Crippen molar-refractivity contribution >= 4 is 21.6 Å². The zero-order valence-corrected chi connectivity index (χ0v) is 13.3. The third-order valence-corrected chi connectivity index (χ3v) is 5.38. The Balaban J connectivity index is 2.12. The molecule has 1 saturated heterocycles. The first kappa shape index (κ1) is 14.4. The number of benzene rings is 1. The molecule has 1 aromatic rings. The number of rotatable bonds is 3. The third kappa shape index (κ3) is 2.95. The van der Waals surface area contributed by atoms with Crippen molar-refractivity contribution in [3.63, 3.8) is 0 Å². The smallest absolute Gasteiger partial charge is 0.0992 e. The Labute approximate surface area is 124 Å². The number of nitrogens with zero attached hydrogens (tertiary/aromatic N) is 2. The predicted octanol–water partition coefficient (Wildman–Crippen LogP) is 4.73. The molecule has 2 rings (SSSR count). The fourth-order valence-corrected chi connectivity index (χ4v) is 3.64. The molecule has 1 heterocycles. The quantitative estimate of drug-likeness (QED) is 0.805. The number of halogens is 1. The van der Waals surface area contributed by atoms with E-state index in [-0.39, 0.29) is 0 Å². The molecule has 0 bridgehead atoms. The zero-order valence-electron chi connectivity index (χ0n) is 11.7. The molecule has 2 nitrogen and oxygen atoms in total. The average molecular weight is 321 g/mol. The van der Waals surface area contributed by atoms with Gasteiger partial charge in [0.05, 0.1) is 17.3 Å². The molecule has 0 aromatic heterocycles. The second-order valence-electron chi connectivity index (χ2n) is 5.47. The summed E-state index contributed by atoms with van der Waals surface area (Å²) in [5.74, 6) is 0. The number of hydrogen-bond acceptors (Lipinski definition) is 2. The van der Waals surface area contributed by atoms with Crippen LogP contribution in [0, 0.1) is 16.7 Å². The van der Waals surface area contributed by atoms with Crippen molar-refractivity contribution in [3.8, 4) is 6.07 Å². The van der Waals surface area contributed by atoms with Crippen LogP contribution in [0.1, 0.15) is 45.1 Å². The van der Waals surface area contributed by atoms with Gasteiger partial charge in [-0.1, -0.05) is 26.7 Å². The Morgan fingerprint density at radius 3 is 2.37 bits per heavy atom. The van der Waals surface area contributed by atoms with E-state index < -0.39 is 0 Å². The molecule has 0 aliphatic carbocycles. The van der Waals surface area contributed by atoms with E-state index in [0.29, 0.717) is 11.0 Å². The van der Waals surface area contributed by atoms with Gasteiger partial charge in [-0.2, -0.15) is 5.26 Å². The van der Waals surface area contributed by atoms with Crippen LogP contribution in [-0.2, 0) is 0 Å². The monoisotopic (exact) mass is 320 g/mol. The standard InChI is InChI=1S/C16H21BrN2/c1-3-16(4-2)7-9-19(10-8-16)15-6-5-13(12-18)11-14(15)17/h5-6,11H,3-4,7-10H2,1-2H3. The zero-order chi connectivity index (χ0) is 13.9. The van der Waals surface area contributed by atoms with Crippen molar-refractivity contribution in [1.82, 2.24) is 0 Å². The number of anilines is 1. The van der Waals surface area contributed by atoms with Crippen LogP contribution < -0.4 is 4.90 Å². The molecule has 3 heteroatoms. The van der Waals surface area contributed by atoms with E-state index in [0.717, 1.165) is 17.6 Å². The van der Waals surface area contributed by atoms with Gasteiger partial charge in [0.25, 0.3) is 0 Å². The van der Waals surface area contributed by atoms with Gasteiger partial charge in [0.2, 0.25) is 0 Å². The lowest BCUT2D eigenvalue weighted by Crippen LogP contribution is -2.39. The molecule has 0 atom stereocenters. The molecule has 0 spiro atoms. The molecular weight excluding hydrogens is 300 g/mol. The fraction of sp³-hybridized carbons (Fsp3) is 0.562. The van der Waals surface area contributed by atoms with Crippen molar-refractivity contribution < 1.29 is 0 Å². The third-order valence-electron chi connectivity index (χ3n) is 4.74. The van der Waals surface area contributed by atoms with E-state index in [1.165, 1.54) is 31.4 Å². The molecule has 1 aromatic carbocycles. The Morgan fingerprint density at radius 2 is 1.89 bits per heavy atom. The Hall–Kier alpha value is -1.01. The van der Waals surface area contributed by atoms with Gasteiger partial charge in [0.15, 0.2) is 0 Å². The van der Waals surface area contributed by atoms with Gasteiger partial charge in [0.1, 0.15) is 0 Å². The highest BCUT2D eigenvalue weighted by Gasteiger charge is 2.31. The first-order valence-electron chi connectivity index (χ1n) is 7.09. The van der Waals surface area contributed by atoms with Crippen molar-refractivity contribution in [2.75, 3.05) is 18.0 Å². The summed E-state index contributed by atoms with van der Waals surface area (Å²) >= 11 is 3.59. The Kier molecular flexibility index (Phi) is 4.52. The highest BCUT2D eigenvalue weighted by molar-refractivity contribution is 9.10. The summed E-state index contributed by atoms with van der Waals surface area (Å²) in [6.07, 6.45) is 5.11. The normalized spacial score (nSPS) is 18.1. The second-order valence-corrected chi connectivity index (χ2v) is 6.33. The van der Waals surface area contributed by atoms with Gasteiger partial charge >= 0.3 is 0 Å². The maximum atomic E-state index is 8.91. The van der Waals surface area contributed by atoms with Gasteiger partial charge in [-0.3, -0.25) is 0 Å². The molecular formula is C16H21BrN2. The molecule has 0 amide bonds. The SMILES string of the molecule is CCC1(CC)CCN(c2ccc(C#N)cc2Br)CC1. The van der Waals surface area contributed by atoms with E-state index in [4.69, 9.17) is 5.26 Å². The van der Waals surface area contributed by atoms with Crippen LogP contribution in [0.5, 0.6) is 0 Å². The van der Waals surface area contributed by atoms with Crippen LogP contribution in [0.2, 0.25) is 0 Å². The highest BCUT2D eigenvalue weighted by atomic mass is 79.9. The molecule has 102 valence electrons. The summed E-state index contributed by atoms with van der Waals surface area (Å²) in [5.41, 5.74) is 2.49. The van der Waals surface area contributed by atoms with E-state index >= 15 is 0 Å². The summed E-state index contributed by atoms with van der Waals surface area (Å²) in [7, 11) is 0. The van der Waals surface area contributed by atoms with Crippen LogP contribution in [0.25, 0.3) is 0 Å². The van der Waals surface area contributed by atoms with Crippen LogP contribution >= 0.6 is 15.9 Å². The highest BCUT2D eigenvalue weighted by Crippen LogP contribution is 2.40. The second kappa shape index (κ2) is 5.96. The summed E-state index contributed by atoms with van der Waals surface area (Å²) in [4.78, 5) is 2.44. The minimum absolute atomic E-state index is 0.551. The van der Waals surface area contributed by atoms with E-state index in [1.807, 2.05) is 12.1 Å². The van der Waals surface area contributed by atoms with Crippen molar-refractivity contribution in [1.29, 1.82) is 5.26 Å². The van der Waals surface area contributed by atoms with Crippen LogP contribution in [0.4, 0.5) is 5.69 Å². The molecule has 1 aliphatic heterocycles. The molecule has 19 heavy (non-hydrogen) atoms. The molecule has 0 radical (unpaired) electrons. The van der Waals surface area contributed by atoms with Gasteiger partial charge in [-0.15, -0.1) is 0 Å². The lowest BCUT2D eigenvalue weighted by atomic mass is 9.74. The minimum atomic E-state index is 0.551. The first-order chi connectivity index (χ1) is 9.14. The summed E-state index contributed by atoms with van der Waals surface area (Å²) < 4.78 is 1.03. The fourth-order valence-electron chi connectivity index (χ4n) is 3.01. The molecule has 0 unspecified atom stereocenters. The van der Waals surface area contributed by atoms with Crippen LogP contribution in [0.3, 0.4) is 0 Å². The molecule has 0 saturated carbocycles. The average Bonchev–Trinajstić information content (AvgIpc) is 2.47. The number of piperidine rings is 1. The van der Waals surface area contributed by atoms with Crippen LogP contribution in [-0.4, -0.2) is 13.1 Å². The maximum absolute atomic E-state index is 8.91. The Bertz CT molecular complexity index is 476.